The first-order chi connectivity index (χ1) is 12.5. The van der Waals surface area contributed by atoms with E-state index in [1.165, 1.54) is 21.3 Å². The van der Waals surface area contributed by atoms with Gasteiger partial charge in [-0.15, -0.1) is 0 Å². The van der Waals surface area contributed by atoms with Crippen molar-refractivity contribution in [2.45, 2.75) is 12.8 Å². The molecule has 6 nitrogen and oxygen atoms in total. The Balaban J connectivity index is 2.53. The van der Waals surface area contributed by atoms with Crippen LogP contribution in [-0.2, 0) is 25.5 Å². The Morgan fingerprint density at radius 1 is 1.00 bits per heavy atom. The number of hydrogen-bond donors (Lipinski definition) is 0. The average molecular weight is 360 g/mol. The molecule has 0 bridgehead atoms. The summed E-state index contributed by atoms with van der Waals surface area (Å²) in [5.74, 6) is -0.528. The lowest BCUT2D eigenvalue weighted by atomic mass is 9.68. The molecular weight excluding hydrogens is 336 g/mol. The fraction of sp³-hybridized carbons (Fsp3) is 0.400. The molecule has 1 aliphatic carbocycles. The molecular formula is C20H24O6. The van der Waals surface area contributed by atoms with E-state index in [2.05, 4.69) is 0 Å². The number of rotatable bonds is 7. The maximum absolute atomic E-state index is 12.8. The highest BCUT2D eigenvalue weighted by atomic mass is 16.5. The van der Waals surface area contributed by atoms with Crippen LogP contribution in [0.1, 0.15) is 12.0 Å². The van der Waals surface area contributed by atoms with E-state index in [9.17, 15) is 9.59 Å². The zero-order valence-corrected chi connectivity index (χ0v) is 15.5. The highest BCUT2D eigenvalue weighted by Gasteiger charge is 2.53. The molecule has 1 atom stereocenters. The summed E-state index contributed by atoms with van der Waals surface area (Å²) in [6.45, 7) is 0. The highest BCUT2D eigenvalue weighted by Crippen LogP contribution is 2.41. The maximum Gasteiger partial charge on any atom is 0.324 e. The third kappa shape index (κ3) is 3.59. The van der Waals surface area contributed by atoms with Crippen molar-refractivity contribution >= 4 is 11.9 Å². The topological polar surface area (TPSA) is 71.1 Å². The molecule has 2 rings (SSSR count). The summed E-state index contributed by atoms with van der Waals surface area (Å²) in [6.07, 6.45) is 8.12. The highest BCUT2D eigenvalue weighted by molar-refractivity contribution is 6.01. The van der Waals surface area contributed by atoms with Crippen LogP contribution in [0.4, 0.5) is 0 Å². The van der Waals surface area contributed by atoms with Crippen LogP contribution in [-0.4, -0.2) is 40.4 Å². The van der Waals surface area contributed by atoms with Crippen molar-refractivity contribution in [1.29, 1.82) is 0 Å². The van der Waals surface area contributed by atoms with Gasteiger partial charge in [0.05, 0.1) is 28.4 Å². The van der Waals surface area contributed by atoms with Crippen LogP contribution in [0.2, 0.25) is 0 Å². The fourth-order valence-corrected chi connectivity index (χ4v) is 3.28. The summed E-state index contributed by atoms with van der Waals surface area (Å²) in [5, 5.41) is 0. The van der Waals surface area contributed by atoms with Gasteiger partial charge in [-0.25, -0.2) is 0 Å². The van der Waals surface area contributed by atoms with Gasteiger partial charge in [0, 0.05) is 5.92 Å². The zero-order valence-electron chi connectivity index (χ0n) is 15.5. The van der Waals surface area contributed by atoms with E-state index in [1.54, 1.807) is 25.3 Å². The summed E-state index contributed by atoms with van der Waals surface area (Å²) in [5.41, 5.74) is -0.744. The summed E-state index contributed by atoms with van der Waals surface area (Å²) < 4.78 is 20.6. The molecule has 0 saturated carbocycles. The van der Waals surface area contributed by atoms with Crippen molar-refractivity contribution in [2.24, 2.45) is 11.3 Å². The molecule has 1 aromatic rings. The molecule has 140 valence electrons. The first-order valence-corrected chi connectivity index (χ1v) is 8.24. The largest absolute Gasteiger partial charge is 0.493 e. The van der Waals surface area contributed by atoms with Crippen molar-refractivity contribution in [3.63, 3.8) is 0 Å². The monoisotopic (exact) mass is 360 g/mol. The van der Waals surface area contributed by atoms with Crippen molar-refractivity contribution < 1.29 is 28.5 Å². The number of methoxy groups -OCH3 is 4. The second kappa shape index (κ2) is 8.56. The predicted octanol–water partition coefficient (Wildman–Crippen LogP) is 2.71. The second-order valence-electron chi connectivity index (χ2n) is 5.98. The lowest BCUT2D eigenvalue weighted by molar-refractivity contribution is -0.172. The van der Waals surface area contributed by atoms with Crippen LogP contribution in [0.25, 0.3) is 0 Å². The molecule has 1 aliphatic rings. The van der Waals surface area contributed by atoms with E-state index in [4.69, 9.17) is 18.9 Å². The molecule has 0 radical (unpaired) electrons. The SMILES string of the molecule is COC(=O)C(Cc1ccc(OC)c(OC)c1)(C(=O)OC)C1C=CC=CC1. The number of carbonyl (C=O) groups excluding carboxylic acids is 2. The van der Waals surface area contributed by atoms with Gasteiger partial charge >= 0.3 is 11.9 Å². The number of ether oxygens (including phenoxy) is 4. The Kier molecular flexibility index (Phi) is 6.44. The van der Waals surface area contributed by atoms with E-state index >= 15 is 0 Å². The maximum atomic E-state index is 12.8. The van der Waals surface area contributed by atoms with E-state index in [0.717, 1.165) is 5.56 Å². The number of esters is 2. The molecule has 26 heavy (non-hydrogen) atoms. The Hall–Kier alpha value is -2.76. The minimum atomic E-state index is -1.48. The lowest BCUT2D eigenvalue weighted by Gasteiger charge is -2.34. The van der Waals surface area contributed by atoms with Crippen molar-refractivity contribution in [3.8, 4) is 11.5 Å². The molecule has 0 N–H and O–H groups in total. The molecule has 0 aromatic heterocycles. The van der Waals surface area contributed by atoms with E-state index in [-0.39, 0.29) is 12.3 Å². The Morgan fingerprint density at radius 3 is 2.15 bits per heavy atom. The van der Waals surface area contributed by atoms with Gasteiger partial charge in [-0.05, 0) is 30.5 Å². The third-order valence-corrected chi connectivity index (χ3v) is 4.64. The number of allylic oxidation sites excluding steroid dienone is 4. The molecule has 1 unspecified atom stereocenters. The van der Waals surface area contributed by atoms with Gasteiger partial charge in [-0.3, -0.25) is 9.59 Å². The van der Waals surface area contributed by atoms with Gasteiger partial charge in [-0.1, -0.05) is 30.4 Å². The average Bonchev–Trinajstić information content (AvgIpc) is 2.71. The van der Waals surface area contributed by atoms with Crippen molar-refractivity contribution in [1.82, 2.24) is 0 Å². The Morgan fingerprint density at radius 2 is 1.65 bits per heavy atom. The number of hydrogen-bond acceptors (Lipinski definition) is 6. The van der Waals surface area contributed by atoms with Crippen LogP contribution in [0.3, 0.4) is 0 Å². The first-order valence-electron chi connectivity index (χ1n) is 8.24. The third-order valence-electron chi connectivity index (χ3n) is 4.64. The molecule has 0 heterocycles. The van der Waals surface area contributed by atoms with Gasteiger partial charge < -0.3 is 18.9 Å². The molecule has 6 heteroatoms. The minimum Gasteiger partial charge on any atom is -0.493 e. The van der Waals surface area contributed by atoms with E-state index < -0.39 is 17.4 Å². The Labute approximate surface area is 153 Å². The smallest absolute Gasteiger partial charge is 0.324 e. The van der Waals surface area contributed by atoms with Gasteiger partial charge in [0.15, 0.2) is 16.9 Å². The van der Waals surface area contributed by atoms with Crippen molar-refractivity contribution in [2.75, 3.05) is 28.4 Å². The molecule has 0 spiro atoms. The predicted molar refractivity (Wildman–Crippen MR) is 96.1 cm³/mol. The van der Waals surface area contributed by atoms with Crippen LogP contribution in [0.5, 0.6) is 11.5 Å². The fourth-order valence-electron chi connectivity index (χ4n) is 3.28. The Bertz CT molecular complexity index is 703. The van der Waals surface area contributed by atoms with Crippen LogP contribution < -0.4 is 9.47 Å². The summed E-state index contributed by atoms with van der Waals surface area (Å²) >= 11 is 0. The molecule has 1 aromatic carbocycles. The first kappa shape index (κ1) is 19.6. The minimum absolute atomic E-state index is 0.121. The molecule has 0 fully saturated rings. The molecule has 0 amide bonds. The quantitative estimate of drug-likeness (QED) is 0.550. The zero-order chi connectivity index (χ0) is 19.2. The van der Waals surface area contributed by atoms with Gasteiger partial charge in [0.2, 0.25) is 0 Å². The van der Waals surface area contributed by atoms with E-state index in [0.29, 0.717) is 17.9 Å². The van der Waals surface area contributed by atoms with Crippen molar-refractivity contribution in [3.05, 3.63) is 48.1 Å². The standard InChI is InChI=1S/C20H24O6/c1-23-16-11-10-14(12-17(16)24-2)13-20(18(21)25-3,19(22)26-4)15-8-6-5-7-9-15/h5-8,10-12,15H,9,13H2,1-4H3. The summed E-state index contributed by atoms with van der Waals surface area (Å²) in [4.78, 5) is 25.6. The van der Waals surface area contributed by atoms with Gasteiger partial charge in [-0.2, -0.15) is 0 Å². The number of benzene rings is 1. The normalized spacial score (nSPS) is 16.1. The van der Waals surface area contributed by atoms with Crippen LogP contribution in [0.15, 0.2) is 42.5 Å². The van der Waals surface area contributed by atoms with Gasteiger partial charge in [0.1, 0.15) is 0 Å². The van der Waals surface area contributed by atoms with E-state index in [1.807, 2.05) is 24.3 Å². The second-order valence-corrected chi connectivity index (χ2v) is 5.98. The number of carbonyl (C=O) groups is 2. The summed E-state index contributed by atoms with van der Waals surface area (Å²) in [6, 6.07) is 5.29. The lowest BCUT2D eigenvalue weighted by Crippen LogP contribution is -2.48. The molecule has 0 saturated heterocycles. The molecule has 0 aliphatic heterocycles. The summed E-state index contributed by atoms with van der Waals surface area (Å²) in [7, 11) is 5.63. The van der Waals surface area contributed by atoms with Crippen LogP contribution >= 0.6 is 0 Å². The van der Waals surface area contributed by atoms with Crippen LogP contribution in [0, 0.1) is 11.3 Å². The van der Waals surface area contributed by atoms with Gasteiger partial charge in [0.25, 0.3) is 0 Å².